The highest BCUT2D eigenvalue weighted by molar-refractivity contribution is 5.86. The highest BCUT2D eigenvalue weighted by atomic mass is 16.6. The lowest BCUT2D eigenvalue weighted by atomic mass is 9.94. The number of ether oxygens (including phenoxy) is 2. The molecule has 0 bridgehead atoms. The van der Waals surface area contributed by atoms with Gasteiger partial charge < -0.3 is 14.8 Å². The molecule has 1 fully saturated rings. The predicted molar refractivity (Wildman–Crippen MR) is 111 cm³/mol. The summed E-state index contributed by atoms with van der Waals surface area (Å²) < 4.78 is 10.9. The zero-order valence-corrected chi connectivity index (χ0v) is 17.8. The molecule has 29 heavy (non-hydrogen) atoms. The Bertz CT molecular complexity index is 710. The summed E-state index contributed by atoms with van der Waals surface area (Å²) in [6.45, 7) is 10.9. The van der Waals surface area contributed by atoms with E-state index in [2.05, 4.69) is 10.2 Å². The molecule has 1 saturated heterocycles. The third-order valence-corrected chi connectivity index (χ3v) is 5.23. The van der Waals surface area contributed by atoms with Gasteiger partial charge in [-0.15, -0.1) is 0 Å². The van der Waals surface area contributed by atoms with E-state index in [1.54, 1.807) is 4.90 Å². The van der Waals surface area contributed by atoms with Crippen molar-refractivity contribution in [3.05, 3.63) is 35.4 Å². The second kappa shape index (κ2) is 9.59. The number of carbonyl (C=O) groups excluding carboxylic acids is 2. The summed E-state index contributed by atoms with van der Waals surface area (Å²) in [5, 5.41) is 3.02. The van der Waals surface area contributed by atoms with E-state index < -0.39 is 17.7 Å². The van der Waals surface area contributed by atoms with Gasteiger partial charge in [0.05, 0.1) is 19.8 Å². The van der Waals surface area contributed by atoms with Crippen LogP contribution in [0, 0.1) is 0 Å². The molecule has 0 saturated carbocycles. The molecule has 3 rings (SSSR count). The van der Waals surface area contributed by atoms with Gasteiger partial charge in [-0.25, -0.2) is 4.79 Å². The maximum Gasteiger partial charge on any atom is 0.411 e. The van der Waals surface area contributed by atoms with Gasteiger partial charge in [0.15, 0.2) is 0 Å². The molecule has 1 atom stereocenters. The fourth-order valence-corrected chi connectivity index (χ4v) is 3.73. The van der Waals surface area contributed by atoms with Gasteiger partial charge in [-0.05, 0) is 44.9 Å². The normalized spacial score (nSPS) is 20.1. The summed E-state index contributed by atoms with van der Waals surface area (Å²) in [6.07, 6.45) is 0.937. The molecule has 0 aliphatic carbocycles. The molecule has 1 N–H and O–H groups in total. The Kier molecular flexibility index (Phi) is 7.14. The lowest BCUT2D eigenvalue weighted by Gasteiger charge is -2.37. The van der Waals surface area contributed by atoms with Crippen LogP contribution in [0.2, 0.25) is 0 Å². The first-order valence-corrected chi connectivity index (χ1v) is 10.5. The topological polar surface area (TPSA) is 71.1 Å². The first kappa shape index (κ1) is 21.6. The van der Waals surface area contributed by atoms with Gasteiger partial charge in [-0.3, -0.25) is 14.6 Å². The summed E-state index contributed by atoms with van der Waals surface area (Å²) >= 11 is 0. The van der Waals surface area contributed by atoms with E-state index in [9.17, 15) is 9.59 Å². The molecule has 2 heterocycles. The van der Waals surface area contributed by atoms with Crippen molar-refractivity contribution in [1.29, 1.82) is 0 Å². The minimum Gasteiger partial charge on any atom is -0.444 e. The zero-order valence-electron chi connectivity index (χ0n) is 17.8. The maximum absolute atomic E-state index is 12.9. The van der Waals surface area contributed by atoms with Crippen LogP contribution in [-0.2, 0) is 27.2 Å². The number of rotatable bonds is 5. The van der Waals surface area contributed by atoms with Crippen LogP contribution in [-0.4, -0.2) is 72.8 Å². The second-order valence-corrected chi connectivity index (χ2v) is 8.70. The number of nitrogens with zero attached hydrogens (tertiary/aromatic N) is 2. The molecule has 2 amide bonds. The number of hydrogen-bond acceptors (Lipinski definition) is 5. The van der Waals surface area contributed by atoms with Crippen molar-refractivity contribution in [3.63, 3.8) is 0 Å². The van der Waals surface area contributed by atoms with Crippen molar-refractivity contribution in [2.75, 3.05) is 39.4 Å². The lowest BCUT2D eigenvalue weighted by molar-refractivity contribution is -0.127. The standard InChI is InChI=1S/C22H33N3O4/c1-22(2,3)29-21(27)25-16-18-8-5-4-7-17(18)15-19(25)20(26)23-9-6-10-24-11-13-28-14-12-24/h4-5,7-8,19H,6,9-16H2,1-3H3,(H,23,26). The van der Waals surface area contributed by atoms with E-state index in [0.29, 0.717) is 19.5 Å². The van der Waals surface area contributed by atoms with Crippen molar-refractivity contribution < 1.29 is 19.1 Å². The predicted octanol–water partition coefficient (Wildman–Crippen LogP) is 2.19. The van der Waals surface area contributed by atoms with Gasteiger partial charge in [0.1, 0.15) is 11.6 Å². The molecule has 1 aromatic carbocycles. The summed E-state index contributed by atoms with van der Waals surface area (Å²) in [5.41, 5.74) is 1.57. The summed E-state index contributed by atoms with van der Waals surface area (Å²) in [5.74, 6) is -0.118. The number of nitrogens with one attached hydrogen (secondary N) is 1. The number of amides is 2. The Balaban J connectivity index is 1.60. The highest BCUT2D eigenvalue weighted by Crippen LogP contribution is 2.25. The Morgan fingerprint density at radius 3 is 2.55 bits per heavy atom. The smallest absolute Gasteiger partial charge is 0.411 e. The molecule has 1 unspecified atom stereocenters. The molecule has 0 aromatic heterocycles. The average Bonchev–Trinajstić information content (AvgIpc) is 2.69. The van der Waals surface area contributed by atoms with Gasteiger partial charge >= 0.3 is 6.09 Å². The summed E-state index contributed by atoms with van der Waals surface area (Å²) in [6, 6.07) is 7.41. The molecular weight excluding hydrogens is 370 g/mol. The molecule has 7 heteroatoms. The summed E-state index contributed by atoms with van der Waals surface area (Å²) in [4.78, 5) is 29.6. The monoisotopic (exact) mass is 403 g/mol. The molecule has 0 radical (unpaired) electrons. The first-order chi connectivity index (χ1) is 13.8. The summed E-state index contributed by atoms with van der Waals surface area (Å²) in [7, 11) is 0. The molecule has 2 aliphatic heterocycles. The van der Waals surface area contributed by atoms with Crippen molar-refractivity contribution >= 4 is 12.0 Å². The fraction of sp³-hybridized carbons (Fsp3) is 0.636. The Morgan fingerprint density at radius 1 is 1.17 bits per heavy atom. The van der Waals surface area contributed by atoms with Crippen LogP contribution in [0.4, 0.5) is 4.79 Å². The van der Waals surface area contributed by atoms with Gasteiger partial charge in [-0.2, -0.15) is 0 Å². The zero-order chi connectivity index (χ0) is 20.9. The van der Waals surface area contributed by atoms with E-state index in [0.717, 1.165) is 50.4 Å². The number of carbonyl (C=O) groups is 2. The van der Waals surface area contributed by atoms with Gasteiger partial charge in [0.25, 0.3) is 0 Å². The first-order valence-electron chi connectivity index (χ1n) is 10.5. The quantitative estimate of drug-likeness (QED) is 0.763. The molecular formula is C22H33N3O4. The Morgan fingerprint density at radius 2 is 1.86 bits per heavy atom. The molecule has 7 nitrogen and oxygen atoms in total. The largest absolute Gasteiger partial charge is 0.444 e. The second-order valence-electron chi connectivity index (χ2n) is 8.70. The van der Waals surface area contributed by atoms with Crippen LogP contribution >= 0.6 is 0 Å². The van der Waals surface area contributed by atoms with Gasteiger partial charge in [0.2, 0.25) is 5.91 Å². The van der Waals surface area contributed by atoms with Crippen molar-refractivity contribution in [1.82, 2.24) is 15.1 Å². The van der Waals surface area contributed by atoms with E-state index in [1.165, 1.54) is 0 Å². The fourth-order valence-electron chi connectivity index (χ4n) is 3.73. The van der Waals surface area contributed by atoms with Crippen molar-refractivity contribution in [3.8, 4) is 0 Å². The third-order valence-electron chi connectivity index (χ3n) is 5.23. The molecule has 0 spiro atoms. The minimum absolute atomic E-state index is 0.118. The van der Waals surface area contributed by atoms with Crippen LogP contribution in [0.1, 0.15) is 38.3 Å². The van der Waals surface area contributed by atoms with E-state index >= 15 is 0 Å². The van der Waals surface area contributed by atoms with Crippen LogP contribution in [0.3, 0.4) is 0 Å². The van der Waals surface area contributed by atoms with E-state index in [4.69, 9.17) is 9.47 Å². The average molecular weight is 404 g/mol. The third kappa shape index (κ3) is 6.18. The number of benzene rings is 1. The lowest BCUT2D eigenvalue weighted by Crippen LogP contribution is -2.53. The minimum atomic E-state index is -0.604. The number of morpholine rings is 1. The van der Waals surface area contributed by atoms with Crippen LogP contribution in [0.25, 0.3) is 0 Å². The van der Waals surface area contributed by atoms with Crippen molar-refractivity contribution in [2.45, 2.75) is 51.8 Å². The van der Waals surface area contributed by atoms with Crippen molar-refractivity contribution in [2.24, 2.45) is 0 Å². The maximum atomic E-state index is 12.9. The van der Waals surface area contributed by atoms with Crippen LogP contribution < -0.4 is 5.32 Å². The Hall–Kier alpha value is -2.12. The SMILES string of the molecule is CC(C)(C)OC(=O)N1Cc2ccccc2CC1C(=O)NCCCN1CCOCC1. The molecule has 160 valence electrons. The van der Waals surface area contributed by atoms with Crippen LogP contribution in [0.15, 0.2) is 24.3 Å². The Labute approximate surface area is 173 Å². The molecule has 2 aliphatic rings. The van der Waals surface area contributed by atoms with Gasteiger partial charge in [-0.1, -0.05) is 24.3 Å². The number of hydrogen-bond donors (Lipinski definition) is 1. The van der Waals surface area contributed by atoms with E-state index in [1.807, 2.05) is 45.0 Å². The van der Waals surface area contributed by atoms with E-state index in [-0.39, 0.29) is 5.91 Å². The molecule has 1 aromatic rings. The van der Waals surface area contributed by atoms with Gasteiger partial charge in [0, 0.05) is 26.1 Å². The number of fused-ring (bicyclic) bond motifs is 1. The highest BCUT2D eigenvalue weighted by Gasteiger charge is 2.36. The van der Waals surface area contributed by atoms with Crippen LogP contribution in [0.5, 0.6) is 0 Å².